The number of carbonyl (C=O) groups excluding carboxylic acids is 1. The summed E-state index contributed by atoms with van der Waals surface area (Å²) in [5, 5.41) is 7.09. The van der Waals surface area contributed by atoms with Gasteiger partial charge in [0.15, 0.2) is 11.3 Å². The van der Waals surface area contributed by atoms with Crippen molar-refractivity contribution in [2.75, 3.05) is 20.6 Å². The number of likely N-dealkylation sites (N-methyl/N-ethyl adjacent to an activating group) is 1. The summed E-state index contributed by atoms with van der Waals surface area (Å²) < 4.78 is 5.58. The maximum Gasteiger partial charge on any atom is 0.287 e. The molecule has 120 valence electrons. The van der Waals surface area contributed by atoms with Crippen molar-refractivity contribution in [1.29, 1.82) is 0 Å². The number of aryl methyl sites for hydroxylation is 1. The zero-order chi connectivity index (χ0) is 16.4. The third-order valence-corrected chi connectivity index (χ3v) is 4.45. The van der Waals surface area contributed by atoms with E-state index in [-0.39, 0.29) is 11.9 Å². The predicted octanol–water partition coefficient (Wildman–Crippen LogP) is 3.23. The monoisotopic (exact) mass is 329 g/mol. The van der Waals surface area contributed by atoms with Crippen molar-refractivity contribution >= 4 is 28.3 Å². The summed E-state index contributed by atoms with van der Waals surface area (Å²) in [6.45, 7) is 2.43. The smallest absolute Gasteiger partial charge is 0.287 e. The number of pyridine rings is 1. The van der Waals surface area contributed by atoms with Crippen LogP contribution in [0.25, 0.3) is 11.1 Å². The van der Waals surface area contributed by atoms with Crippen molar-refractivity contribution in [1.82, 2.24) is 15.2 Å². The number of hydrogen-bond donors (Lipinski definition) is 1. The first-order chi connectivity index (χ1) is 11.0. The summed E-state index contributed by atoms with van der Waals surface area (Å²) in [4.78, 5) is 18.8. The molecule has 0 saturated carbocycles. The molecule has 0 unspecified atom stereocenters. The SMILES string of the molecule is Cc1ccc2oc(C(=O)NC[C@H](c3ccsc3)N(C)C)cc2n1. The Hall–Kier alpha value is -2.18. The van der Waals surface area contributed by atoms with E-state index in [1.54, 1.807) is 17.4 Å². The van der Waals surface area contributed by atoms with Crippen LogP contribution in [0.15, 0.2) is 39.4 Å². The highest BCUT2D eigenvalue weighted by atomic mass is 32.1. The van der Waals surface area contributed by atoms with Crippen molar-refractivity contribution in [2.45, 2.75) is 13.0 Å². The Labute approximate surface area is 138 Å². The molecule has 0 aliphatic rings. The van der Waals surface area contributed by atoms with Crippen LogP contribution in [0, 0.1) is 6.92 Å². The van der Waals surface area contributed by atoms with Crippen LogP contribution in [0.1, 0.15) is 27.9 Å². The summed E-state index contributed by atoms with van der Waals surface area (Å²) in [7, 11) is 4.00. The van der Waals surface area contributed by atoms with E-state index in [2.05, 4.69) is 26.6 Å². The molecule has 1 atom stereocenters. The van der Waals surface area contributed by atoms with Crippen molar-refractivity contribution in [3.05, 3.63) is 52.0 Å². The maximum absolute atomic E-state index is 12.3. The summed E-state index contributed by atoms with van der Waals surface area (Å²) in [6.07, 6.45) is 0. The lowest BCUT2D eigenvalue weighted by atomic mass is 10.1. The first kappa shape index (κ1) is 15.7. The highest BCUT2D eigenvalue weighted by Gasteiger charge is 2.18. The minimum absolute atomic E-state index is 0.134. The molecule has 0 fully saturated rings. The number of amides is 1. The summed E-state index contributed by atoms with van der Waals surface area (Å²) in [5.41, 5.74) is 3.43. The average Bonchev–Trinajstić information content (AvgIpc) is 3.15. The van der Waals surface area contributed by atoms with Crippen LogP contribution < -0.4 is 5.32 Å². The molecule has 1 amide bonds. The Bertz CT molecular complexity index is 808. The number of aromatic nitrogens is 1. The molecule has 0 aliphatic heterocycles. The van der Waals surface area contributed by atoms with E-state index in [0.717, 1.165) is 5.69 Å². The second-order valence-corrected chi connectivity index (χ2v) is 6.47. The van der Waals surface area contributed by atoms with Crippen LogP contribution in [-0.2, 0) is 0 Å². The molecule has 0 saturated heterocycles. The lowest BCUT2D eigenvalue weighted by Gasteiger charge is -2.23. The Morgan fingerprint density at radius 3 is 2.91 bits per heavy atom. The number of thiophene rings is 1. The molecule has 3 rings (SSSR count). The largest absolute Gasteiger partial charge is 0.449 e. The van der Waals surface area contributed by atoms with Gasteiger partial charge in [0.05, 0.1) is 6.04 Å². The zero-order valence-electron chi connectivity index (χ0n) is 13.4. The topological polar surface area (TPSA) is 58.4 Å². The number of carbonyl (C=O) groups is 1. The van der Waals surface area contributed by atoms with E-state index in [4.69, 9.17) is 4.42 Å². The van der Waals surface area contributed by atoms with Gasteiger partial charge < -0.3 is 14.6 Å². The molecule has 0 spiro atoms. The molecule has 3 aromatic rings. The van der Waals surface area contributed by atoms with Gasteiger partial charge in [-0.3, -0.25) is 4.79 Å². The average molecular weight is 329 g/mol. The van der Waals surface area contributed by atoms with Gasteiger partial charge in [-0.25, -0.2) is 4.98 Å². The second kappa shape index (κ2) is 6.52. The Balaban J connectivity index is 1.72. The summed E-state index contributed by atoms with van der Waals surface area (Å²) in [5.74, 6) is 0.0728. The fraction of sp³-hybridized carbons (Fsp3) is 0.294. The second-order valence-electron chi connectivity index (χ2n) is 5.69. The van der Waals surface area contributed by atoms with E-state index in [0.29, 0.717) is 23.4 Å². The third kappa shape index (κ3) is 3.43. The standard InChI is InChI=1S/C17H19N3O2S/c1-11-4-5-15-13(19-11)8-16(22-15)17(21)18-9-14(20(2)3)12-6-7-23-10-12/h4-8,10,14H,9H2,1-3H3,(H,18,21)/t14-/m1/s1. The van der Waals surface area contributed by atoms with Crippen LogP contribution >= 0.6 is 11.3 Å². The van der Waals surface area contributed by atoms with Gasteiger partial charge in [-0.05, 0) is 55.5 Å². The molecular formula is C17H19N3O2S. The molecule has 23 heavy (non-hydrogen) atoms. The molecule has 3 heterocycles. The number of rotatable bonds is 5. The van der Waals surface area contributed by atoms with Crippen LogP contribution in [-0.4, -0.2) is 36.4 Å². The van der Waals surface area contributed by atoms with Crippen molar-refractivity contribution in [3.63, 3.8) is 0 Å². The number of furan rings is 1. The fourth-order valence-corrected chi connectivity index (χ4v) is 3.18. The van der Waals surface area contributed by atoms with E-state index >= 15 is 0 Å². The van der Waals surface area contributed by atoms with Gasteiger partial charge in [0.25, 0.3) is 5.91 Å². The molecule has 0 aliphatic carbocycles. The third-order valence-electron chi connectivity index (χ3n) is 3.74. The van der Waals surface area contributed by atoms with E-state index in [9.17, 15) is 4.79 Å². The molecule has 0 bridgehead atoms. The van der Waals surface area contributed by atoms with Crippen LogP contribution in [0.2, 0.25) is 0 Å². The molecule has 1 N–H and O–H groups in total. The van der Waals surface area contributed by atoms with Gasteiger partial charge in [0.2, 0.25) is 0 Å². The Kier molecular flexibility index (Phi) is 4.45. The molecule has 5 nitrogen and oxygen atoms in total. The Morgan fingerprint density at radius 1 is 1.39 bits per heavy atom. The first-order valence-electron chi connectivity index (χ1n) is 7.38. The first-order valence-corrected chi connectivity index (χ1v) is 8.33. The number of fused-ring (bicyclic) bond motifs is 1. The van der Waals surface area contributed by atoms with Crippen LogP contribution in [0.5, 0.6) is 0 Å². The zero-order valence-corrected chi connectivity index (χ0v) is 14.2. The molecule has 3 aromatic heterocycles. The van der Waals surface area contributed by atoms with Gasteiger partial charge >= 0.3 is 0 Å². The molecular weight excluding hydrogens is 310 g/mol. The van der Waals surface area contributed by atoms with E-state index < -0.39 is 0 Å². The van der Waals surface area contributed by atoms with E-state index in [1.807, 2.05) is 38.5 Å². The quantitative estimate of drug-likeness (QED) is 0.781. The van der Waals surface area contributed by atoms with Crippen molar-refractivity contribution < 1.29 is 9.21 Å². The van der Waals surface area contributed by atoms with Crippen molar-refractivity contribution in [3.8, 4) is 0 Å². The lowest BCUT2D eigenvalue weighted by molar-refractivity contribution is 0.0916. The highest BCUT2D eigenvalue weighted by molar-refractivity contribution is 7.07. The molecule has 0 aromatic carbocycles. The van der Waals surface area contributed by atoms with E-state index in [1.165, 1.54) is 5.56 Å². The lowest BCUT2D eigenvalue weighted by Crippen LogP contribution is -2.34. The number of nitrogens with one attached hydrogen (secondary N) is 1. The van der Waals surface area contributed by atoms with Gasteiger partial charge in [-0.1, -0.05) is 0 Å². The molecule has 6 heteroatoms. The number of hydrogen-bond acceptors (Lipinski definition) is 5. The maximum atomic E-state index is 12.3. The normalized spacial score (nSPS) is 12.7. The fourth-order valence-electron chi connectivity index (χ4n) is 2.48. The van der Waals surface area contributed by atoms with Gasteiger partial charge in [-0.15, -0.1) is 0 Å². The predicted molar refractivity (Wildman–Crippen MR) is 91.8 cm³/mol. The summed E-state index contributed by atoms with van der Waals surface area (Å²) >= 11 is 1.65. The van der Waals surface area contributed by atoms with Crippen molar-refractivity contribution in [2.24, 2.45) is 0 Å². The molecule has 0 radical (unpaired) electrons. The van der Waals surface area contributed by atoms with Gasteiger partial charge in [0, 0.05) is 18.3 Å². The minimum atomic E-state index is -0.220. The van der Waals surface area contributed by atoms with Crippen LogP contribution in [0.3, 0.4) is 0 Å². The number of nitrogens with zero attached hydrogens (tertiary/aromatic N) is 2. The Morgan fingerprint density at radius 2 is 2.22 bits per heavy atom. The highest BCUT2D eigenvalue weighted by Crippen LogP contribution is 2.21. The van der Waals surface area contributed by atoms with Gasteiger partial charge in [-0.2, -0.15) is 11.3 Å². The van der Waals surface area contributed by atoms with Gasteiger partial charge in [0.1, 0.15) is 5.52 Å². The van der Waals surface area contributed by atoms with Crippen LogP contribution in [0.4, 0.5) is 0 Å². The minimum Gasteiger partial charge on any atom is -0.449 e. The summed E-state index contributed by atoms with van der Waals surface area (Å²) in [6, 6.07) is 7.60.